The standard InChI is InChI=1S/C16H24O4/c1-11(19-12(2)18-6)13-7-9-14(10-8-13)15(17)20-16(3,4)5/h7-12H,1-6H3. The molecule has 112 valence electrons. The van der Waals surface area contributed by atoms with Crippen molar-refractivity contribution in [1.29, 1.82) is 0 Å². The van der Waals surface area contributed by atoms with E-state index in [0.29, 0.717) is 5.56 Å². The molecule has 1 rings (SSSR count). The zero-order valence-electron chi connectivity index (χ0n) is 13.1. The molecule has 0 fully saturated rings. The van der Waals surface area contributed by atoms with Crippen LogP contribution in [0, 0.1) is 0 Å². The predicted molar refractivity (Wildman–Crippen MR) is 77.6 cm³/mol. The third kappa shape index (κ3) is 5.31. The summed E-state index contributed by atoms with van der Waals surface area (Å²) in [4.78, 5) is 11.9. The summed E-state index contributed by atoms with van der Waals surface area (Å²) < 4.78 is 16.0. The summed E-state index contributed by atoms with van der Waals surface area (Å²) in [6.07, 6.45) is -0.367. The molecule has 0 bridgehead atoms. The first-order valence-electron chi connectivity index (χ1n) is 6.74. The Bertz CT molecular complexity index is 431. The van der Waals surface area contributed by atoms with Crippen molar-refractivity contribution in [1.82, 2.24) is 0 Å². The maximum Gasteiger partial charge on any atom is 0.338 e. The summed E-state index contributed by atoms with van der Waals surface area (Å²) in [6, 6.07) is 7.24. The van der Waals surface area contributed by atoms with Crippen molar-refractivity contribution < 1.29 is 19.0 Å². The summed E-state index contributed by atoms with van der Waals surface area (Å²) in [5, 5.41) is 0. The van der Waals surface area contributed by atoms with Gasteiger partial charge in [0.25, 0.3) is 0 Å². The highest BCUT2D eigenvalue weighted by molar-refractivity contribution is 5.89. The van der Waals surface area contributed by atoms with Crippen LogP contribution in [0.2, 0.25) is 0 Å². The van der Waals surface area contributed by atoms with E-state index in [-0.39, 0.29) is 18.4 Å². The number of methoxy groups -OCH3 is 1. The van der Waals surface area contributed by atoms with E-state index >= 15 is 0 Å². The fourth-order valence-electron chi connectivity index (χ4n) is 1.65. The first kappa shape index (κ1) is 16.7. The summed E-state index contributed by atoms with van der Waals surface area (Å²) in [6.45, 7) is 9.33. The number of benzene rings is 1. The van der Waals surface area contributed by atoms with Gasteiger partial charge in [0, 0.05) is 7.11 Å². The molecule has 0 aliphatic carbocycles. The van der Waals surface area contributed by atoms with E-state index < -0.39 is 5.60 Å². The van der Waals surface area contributed by atoms with E-state index in [2.05, 4.69) is 0 Å². The van der Waals surface area contributed by atoms with Gasteiger partial charge < -0.3 is 14.2 Å². The van der Waals surface area contributed by atoms with Crippen LogP contribution in [-0.4, -0.2) is 25.0 Å². The molecule has 1 aromatic rings. The van der Waals surface area contributed by atoms with Crippen molar-refractivity contribution in [3.05, 3.63) is 35.4 Å². The Hall–Kier alpha value is -1.39. The lowest BCUT2D eigenvalue weighted by Crippen LogP contribution is -2.23. The number of hydrogen-bond donors (Lipinski definition) is 0. The average Bonchev–Trinajstić information content (AvgIpc) is 2.36. The molecule has 0 saturated heterocycles. The van der Waals surface area contributed by atoms with Crippen LogP contribution in [-0.2, 0) is 14.2 Å². The molecule has 0 radical (unpaired) electrons. The van der Waals surface area contributed by atoms with E-state index in [1.54, 1.807) is 19.2 Å². The quantitative estimate of drug-likeness (QED) is 0.609. The average molecular weight is 280 g/mol. The Labute approximate surface area is 121 Å². The second-order valence-corrected chi connectivity index (χ2v) is 5.71. The topological polar surface area (TPSA) is 44.8 Å². The molecule has 0 amide bonds. The Morgan fingerprint density at radius 1 is 1.10 bits per heavy atom. The minimum absolute atomic E-state index is 0.0994. The van der Waals surface area contributed by atoms with Crippen molar-refractivity contribution in [2.24, 2.45) is 0 Å². The third-order valence-electron chi connectivity index (χ3n) is 2.74. The largest absolute Gasteiger partial charge is 0.456 e. The van der Waals surface area contributed by atoms with Gasteiger partial charge in [-0.25, -0.2) is 4.79 Å². The van der Waals surface area contributed by atoms with E-state index in [1.807, 2.05) is 46.8 Å². The Morgan fingerprint density at radius 2 is 1.65 bits per heavy atom. The lowest BCUT2D eigenvalue weighted by molar-refractivity contribution is -0.140. The molecule has 4 heteroatoms. The molecule has 2 atom stereocenters. The van der Waals surface area contributed by atoms with Gasteiger partial charge in [-0.2, -0.15) is 0 Å². The van der Waals surface area contributed by atoms with E-state index in [0.717, 1.165) is 5.56 Å². The first-order valence-corrected chi connectivity index (χ1v) is 6.74. The van der Waals surface area contributed by atoms with E-state index in [4.69, 9.17) is 14.2 Å². The summed E-state index contributed by atoms with van der Waals surface area (Å²) in [5.74, 6) is -0.317. The van der Waals surface area contributed by atoms with Gasteiger partial charge in [-0.3, -0.25) is 0 Å². The van der Waals surface area contributed by atoms with Crippen molar-refractivity contribution in [2.45, 2.75) is 52.6 Å². The van der Waals surface area contributed by atoms with Crippen molar-refractivity contribution in [3.63, 3.8) is 0 Å². The van der Waals surface area contributed by atoms with Crippen LogP contribution < -0.4 is 0 Å². The summed E-state index contributed by atoms with van der Waals surface area (Å²) >= 11 is 0. The van der Waals surface area contributed by atoms with Gasteiger partial charge in [0.1, 0.15) is 5.60 Å². The molecule has 0 aliphatic heterocycles. The molecule has 0 spiro atoms. The number of ether oxygens (including phenoxy) is 3. The maximum atomic E-state index is 11.9. The van der Waals surface area contributed by atoms with Crippen LogP contribution >= 0.6 is 0 Å². The smallest absolute Gasteiger partial charge is 0.338 e. The van der Waals surface area contributed by atoms with Gasteiger partial charge in [0.15, 0.2) is 6.29 Å². The van der Waals surface area contributed by atoms with Gasteiger partial charge in [-0.15, -0.1) is 0 Å². The number of esters is 1. The van der Waals surface area contributed by atoms with Crippen molar-refractivity contribution in [3.8, 4) is 0 Å². The molecule has 0 saturated carbocycles. The Balaban J connectivity index is 2.71. The minimum atomic E-state index is -0.486. The molecular weight excluding hydrogens is 256 g/mol. The molecule has 20 heavy (non-hydrogen) atoms. The highest BCUT2D eigenvalue weighted by atomic mass is 16.7. The van der Waals surface area contributed by atoms with Gasteiger partial charge in [0.2, 0.25) is 0 Å². The summed E-state index contributed by atoms with van der Waals surface area (Å²) in [7, 11) is 1.60. The molecule has 0 aromatic heterocycles. The van der Waals surface area contributed by atoms with Crippen molar-refractivity contribution >= 4 is 5.97 Å². The zero-order chi connectivity index (χ0) is 15.3. The Morgan fingerprint density at radius 3 is 2.10 bits per heavy atom. The van der Waals surface area contributed by atoms with Gasteiger partial charge in [-0.1, -0.05) is 12.1 Å². The molecule has 1 aromatic carbocycles. The van der Waals surface area contributed by atoms with Gasteiger partial charge in [0.05, 0.1) is 11.7 Å². The van der Waals surface area contributed by atoms with Gasteiger partial charge >= 0.3 is 5.97 Å². The van der Waals surface area contributed by atoms with Crippen LogP contribution in [0.4, 0.5) is 0 Å². The highest BCUT2D eigenvalue weighted by Gasteiger charge is 2.18. The van der Waals surface area contributed by atoms with E-state index in [1.165, 1.54) is 0 Å². The van der Waals surface area contributed by atoms with Crippen LogP contribution in [0.3, 0.4) is 0 Å². The van der Waals surface area contributed by atoms with Crippen LogP contribution in [0.25, 0.3) is 0 Å². The normalized spacial score (nSPS) is 14.7. The molecule has 2 unspecified atom stereocenters. The predicted octanol–water partition coefficient (Wildman–Crippen LogP) is 3.71. The van der Waals surface area contributed by atoms with Crippen LogP contribution in [0.15, 0.2) is 24.3 Å². The number of carbonyl (C=O) groups excluding carboxylic acids is 1. The summed E-state index contributed by atoms with van der Waals surface area (Å²) in [5.41, 5.74) is 1.04. The van der Waals surface area contributed by atoms with E-state index in [9.17, 15) is 4.79 Å². The first-order chi connectivity index (χ1) is 9.23. The molecule has 4 nitrogen and oxygen atoms in total. The highest BCUT2D eigenvalue weighted by Crippen LogP contribution is 2.20. The number of hydrogen-bond acceptors (Lipinski definition) is 4. The SMILES string of the molecule is COC(C)OC(C)c1ccc(C(=O)OC(C)(C)C)cc1. The lowest BCUT2D eigenvalue weighted by Gasteiger charge is -2.20. The number of carbonyl (C=O) groups is 1. The van der Waals surface area contributed by atoms with Gasteiger partial charge in [-0.05, 0) is 52.3 Å². The fraction of sp³-hybridized carbons (Fsp3) is 0.562. The monoisotopic (exact) mass is 280 g/mol. The molecule has 0 heterocycles. The van der Waals surface area contributed by atoms with Crippen LogP contribution in [0.1, 0.15) is 56.6 Å². The maximum absolute atomic E-state index is 11.9. The molecular formula is C16H24O4. The minimum Gasteiger partial charge on any atom is -0.456 e. The fourth-order valence-corrected chi connectivity index (χ4v) is 1.65. The van der Waals surface area contributed by atoms with Crippen molar-refractivity contribution in [2.75, 3.05) is 7.11 Å². The second-order valence-electron chi connectivity index (χ2n) is 5.71. The zero-order valence-corrected chi connectivity index (χ0v) is 13.1. The molecule has 0 aliphatic rings. The second kappa shape index (κ2) is 6.86. The Kier molecular flexibility index (Phi) is 5.72. The third-order valence-corrected chi connectivity index (χ3v) is 2.74. The van der Waals surface area contributed by atoms with Crippen LogP contribution in [0.5, 0.6) is 0 Å². The molecule has 0 N–H and O–H groups in total. The number of rotatable bonds is 5. The lowest BCUT2D eigenvalue weighted by atomic mass is 10.1.